The SMILES string of the molecule is CCc1cccc2c(OC)nc(OC)cc12. The molecule has 2 rings (SSSR count). The minimum Gasteiger partial charge on any atom is -0.481 e. The molecule has 0 aliphatic heterocycles. The van der Waals surface area contributed by atoms with Crippen LogP contribution in [0.25, 0.3) is 10.8 Å². The largest absolute Gasteiger partial charge is 0.481 e. The number of pyridine rings is 1. The molecular weight excluding hydrogens is 202 g/mol. The first-order valence-corrected chi connectivity index (χ1v) is 5.30. The van der Waals surface area contributed by atoms with Crippen LogP contribution in [0, 0.1) is 0 Å². The molecule has 0 amide bonds. The van der Waals surface area contributed by atoms with Gasteiger partial charge in [-0.05, 0) is 23.4 Å². The van der Waals surface area contributed by atoms with E-state index in [1.807, 2.05) is 18.2 Å². The Hall–Kier alpha value is -1.77. The average molecular weight is 217 g/mol. The van der Waals surface area contributed by atoms with Gasteiger partial charge in [-0.2, -0.15) is 4.98 Å². The standard InChI is InChI=1S/C13H15NO2/c1-4-9-6-5-7-10-11(9)8-12(15-2)14-13(10)16-3/h5-8H,4H2,1-3H3. The summed E-state index contributed by atoms with van der Waals surface area (Å²) < 4.78 is 10.5. The molecule has 84 valence electrons. The number of methoxy groups -OCH3 is 2. The molecule has 1 aromatic heterocycles. The predicted octanol–water partition coefficient (Wildman–Crippen LogP) is 2.81. The monoisotopic (exact) mass is 217 g/mol. The highest BCUT2D eigenvalue weighted by Gasteiger charge is 2.08. The third kappa shape index (κ3) is 1.69. The minimum atomic E-state index is 0.588. The average Bonchev–Trinajstić information content (AvgIpc) is 2.36. The van der Waals surface area contributed by atoms with E-state index >= 15 is 0 Å². The molecule has 0 radical (unpaired) electrons. The summed E-state index contributed by atoms with van der Waals surface area (Å²) in [5, 5.41) is 2.18. The van der Waals surface area contributed by atoms with E-state index in [-0.39, 0.29) is 0 Å². The summed E-state index contributed by atoms with van der Waals surface area (Å²) in [5.74, 6) is 1.20. The van der Waals surface area contributed by atoms with E-state index in [0.717, 1.165) is 17.2 Å². The Morgan fingerprint density at radius 3 is 2.56 bits per heavy atom. The van der Waals surface area contributed by atoms with E-state index in [0.29, 0.717) is 11.8 Å². The molecule has 0 unspecified atom stereocenters. The smallest absolute Gasteiger partial charge is 0.224 e. The first-order valence-electron chi connectivity index (χ1n) is 5.30. The quantitative estimate of drug-likeness (QED) is 0.792. The lowest BCUT2D eigenvalue weighted by atomic mass is 10.0. The normalized spacial score (nSPS) is 10.4. The summed E-state index contributed by atoms with van der Waals surface area (Å²) >= 11 is 0. The van der Waals surface area contributed by atoms with E-state index < -0.39 is 0 Å². The van der Waals surface area contributed by atoms with Crippen LogP contribution >= 0.6 is 0 Å². The van der Waals surface area contributed by atoms with Crippen molar-refractivity contribution in [3.8, 4) is 11.8 Å². The fourth-order valence-corrected chi connectivity index (χ4v) is 1.85. The lowest BCUT2D eigenvalue weighted by Crippen LogP contribution is -1.95. The Kier molecular flexibility index (Phi) is 2.95. The first-order chi connectivity index (χ1) is 7.80. The molecule has 0 N–H and O–H groups in total. The summed E-state index contributed by atoms with van der Waals surface area (Å²) in [5.41, 5.74) is 1.27. The Morgan fingerprint density at radius 1 is 1.12 bits per heavy atom. The number of aromatic nitrogens is 1. The number of benzene rings is 1. The fourth-order valence-electron chi connectivity index (χ4n) is 1.85. The van der Waals surface area contributed by atoms with Crippen molar-refractivity contribution < 1.29 is 9.47 Å². The highest BCUT2D eigenvalue weighted by atomic mass is 16.5. The van der Waals surface area contributed by atoms with E-state index in [1.54, 1.807) is 14.2 Å². The second-order valence-corrected chi connectivity index (χ2v) is 3.54. The zero-order chi connectivity index (χ0) is 11.5. The van der Waals surface area contributed by atoms with Crippen LogP contribution in [0.5, 0.6) is 11.8 Å². The second kappa shape index (κ2) is 4.39. The van der Waals surface area contributed by atoms with Crippen LogP contribution in [-0.4, -0.2) is 19.2 Å². The summed E-state index contributed by atoms with van der Waals surface area (Å²) in [7, 11) is 3.24. The molecule has 1 aromatic carbocycles. The molecule has 0 aliphatic carbocycles. The van der Waals surface area contributed by atoms with Gasteiger partial charge in [-0.3, -0.25) is 0 Å². The molecule has 3 nitrogen and oxygen atoms in total. The zero-order valence-electron chi connectivity index (χ0n) is 9.78. The van der Waals surface area contributed by atoms with Crippen LogP contribution in [0.4, 0.5) is 0 Å². The third-order valence-corrected chi connectivity index (χ3v) is 2.69. The molecule has 0 atom stereocenters. The molecule has 0 fully saturated rings. The number of rotatable bonds is 3. The van der Waals surface area contributed by atoms with Gasteiger partial charge in [-0.25, -0.2) is 0 Å². The van der Waals surface area contributed by atoms with Crippen LogP contribution in [0.3, 0.4) is 0 Å². The highest BCUT2D eigenvalue weighted by molar-refractivity contribution is 5.90. The van der Waals surface area contributed by atoms with Crippen LogP contribution in [0.2, 0.25) is 0 Å². The number of nitrogens with zero attached hydrogens (tertiary/aromatic N) is 1. The molecule has 0 saturated heterocycles. The summed E-state index contributed by atoms with van der Waals surface area (Å²) in [6, 6.07) is 8.11. The van der Waals surface area contributed by atoms with Crippen molar-refractivity contribution in [2.75, 3.05) is 14.2 Å². The highest BCUT2D eigenvalue weighted by Crippen LogP contribution is 2.29. The molecule has 0 spiro atoms. The van der Waals surface area contributed by atoms with Crippen LogP contribution in [0.15, 0.2) is 24.3 Å². The van der Waals surface area contributed by atoms with E-state index in [1.165, 1.54) is 5.56 Å². The van der Waals surface area contributed by atoms with E-state index in [9.17, 15) is 0 Å². The molecule has 0 aliphatic rings. The molecule has 0 saturated carbocycles. The number of hydrogen-bond acceptors (Lipinski definition) is 3. The van der Waals surface area contributed by atoms with Crippen LogP contribution in [0.1, 0.15) is 12.5 Å². The van der Waals surface area contributed by atoms with Gasteiger partial charge in [0.2, 0.25) is 11.8 Å². The lowest BCUT2D eigenvalue weighted by molar-refractivity contribution is 0.368. The van der Waals surface area contributed by atoms with Gasteiger partial charge in [0.25, 0.3) is 0 Å². The summed E-state index contributed by atoms with van der Waals surface area (Å²) in [4.78, 5) is 4.27. The van der Waals surface area contributed by atoms with Gasteiger partial charge in [0.05, 0.1) is 14.2 Å². The molecular formula is C13H15NO2. The Labute approximate surface area is 95.0 Å². The Morgan fingerprint density at radius 2 is 1.94 bits per heavy atom. The van der Waals surface area contributed by atoms with Crippen molar-refractivity contribution in [3.63, 3.8) is 0 Å². The van der Waals surface area contributed by atoms with E-state index in [4.69, 9.17) is 9.47 Å². The van der Waals surface area contributed by atoms with Gasteiger partial charge in [0.1, 0.15) is 0 Å². The molecule has 2 aromatic rings. The third-order valence-electron chi connectivity index (χ3n) is 2.69. The fraction of sp³-hybridized carbons (Fsp3) is 0.308. The molecule has 16 heavy (non-hydrogen) atoms. The van der Waals surface area contributed by atoms with Crippen molar-refractivity contribution in [2.24, 2.45) is 0 Å². The van der Waals surface area contributed by atoms with Gasteiger partial charge >= 0.3 is 0 Å². The van der Waals surface area contributed by atoms with Gasteiger partial charge < -0.3 is 9.47 Å². The minimum absolute atomic E-state index is 0.588. The van der Waals surface area contributed by atoms with E-state index in [2.05, 4.69) is 18.0 Å². The van der Waals surface area contributed by atoms with Crippen molar-refractivity contribution >= 4 is 10.8 Å². The molecule has 1 heterocycles. The van der Waals surface area contributed by atoms with Gasteiger partial charge in [-0.15, -0.1) is 0 Å². The maximum atomic E-state index is 5.28. The molecule has 0 bridgehead atoms. The first kappa shape index (κ1) is 10.7. The number of hydrogen-bond donors (Lipinski definition) is 0. The van der Waals surface area contributed by atoms with Crippen LogP contribution < -0.4 is 9.47 Å². The maximum Gasteiger partial charge on any atom is 0.224 e. The summed E-state index contributed by atoms with van der Waals surface area (Å²) in [6.45, 7) is 2.13. The number of ether oxygens (including phenoxy) is 2. The second-order valence-electron chi connectivity index (χ2n) is 3.54. The van der Waals surface area contributed by atoms with Crippen molar-refractivity contribution in [3.05, 3.63) is 29.8 Å². The van der Waals surface area contributed by atoms with Crippen molar-refractivity contribution in [1.82, 2.24) is 4.98 Å². The number of fused-ring (bicyclic) bond motifs is 1. The van der Waals surface area contributed by atoms with Crippen LogP contribution in [-0.2, 0) is 6.42 Å². The number of aryl methyl sites for hydroxylation is 1. The maximum absolute atomic E-state index is 5.28. The van der Waals surface area contributed by atoms with Gasteiger partial charge in [0.15, 0.2) is 0 Å². The van der Waals surface area contributed by atoms with Crippen molar-refractivity contribution in [2.45, 2.75) is 13.3 Å². The van der Waals surface area contributed by atoms with Crippen molar-refractivity contribution in [1.29, 1.82) is 0 Å². The van der Waals surface area contributed by atoms with Gasteiger partial charge in [0, 0.05) is 11.5 Å². The summed E-state index contributed by atoms with van der Waals surface area (Å²) in [6.07, 6.45) is 0.980. The Bertz CT molecular complexity index is 509. The molecule has 3 heteroatoms. The van der Waals surface area contributed by atoms with Gasteiger partial charge in [-0.1, -0.05) is 19.1 Å². The topological polar surface area (TPSA) is 31.4 Å². The predicted molar refractivity (Wildman–Crippen MR) is 64.2 cm³/mol. The Balaban J connectivity index is 2.78. The lowest BCUT2D eigenvalue weighted by Gasteiger charge is -2.09. The zero-order valence-corrected chi connectivity index (χ0v) is 9.78.